The van der Waals surface area contributed by atoms with Crippen LogP contribution in [0.5, 0.6) is 0 Å². The molecule has 2 heterocycles. The molecule has 2 N–H and O–H groups in total. The molecule has 1 unspecified atom stereocenters. The van der Waals surface area contributed by atoms with Gasteiger partial charge in [0.15, 0.2) is 0 Å². The maximum atomic E-state index is 12.9. The van der Waals surface area contributed by atoms with Gasteiger partial charge in [-0.3, -0.25) is 9.59 Å². The zero-order valence-electron chi connectivity index (χ0n) is 18.7. The number of hydrogen-bond donors (Lipinski definition) is 2. The third-order valence-corrected chi connectivity index (χ3v) is 5.91. The largest absolute Gasteiger partial charge is 0.370 e. The minimum atomic E-state index is -0.636. The highest BCUT2D eigenvalue weighted by atomic mass is 16.2. The number of nitrogens with one attached hydrogen (secondary N) is 2. The average Bonchev–Trinajstić information content (AvgIpc) is 3.32. The quantitative estimate of drug-likeness (QED) is 0.590. The summed E-state index contributed by atoms with van der Waals surface area (Å²) >= 11 is 0. The van der Waals surface area contributed by atoms with Gasteiger partial charge in [0.25, 0.3) is 0 Å². The summed E-state index contributed by atoms with van der Waals surface area (Å²) in [5.41, 5.74) is 1.99. The molecule has 0 spiro atoms. The summed E-state index contributed by atoms with van der Waals surface area (Å²) in [6, 6.07) is 17.2. The first-order chi connectivity index (χ1) is 15.5. The van der Waals surface area contributed by atoms with Gasteiger partial charge in [0.1, 0.15) is 11.9 Å². The normalized spacial score (nSPS) is 14.5. The second-order valence-electron chi connectivity index (χ2n) is 8.73. The van der Waals surface area contributed by atoms with E-state index < -0.39 is 6.04 Å². The lowest BCUT2D eigenvalue weighted by molar-refractivity contribution is -0.127. The van der Waals surface area contributed by atoms with Gasteiger partial charge in [0.05, 0.1) is 18.3 Å². The van der Waals surface area contributed by atoms with Crippen LogP contribution in [0.15, 0.2) is 60.8 Å². The van der Waals surface area contributed by atoms with E-state index in [1.54, 1.807) is 6.20 Å². The molecule has 1 aromatic heterocycles. The molecule has 1 aliphatic rings. The third kappa shape index (κ3) is 5.25. The van der Waals surface area contributed by atoms with E-state index in [-0.39, 0.29) is 24.2 Å². The first kappa shape index (κ1) is 21.8. The topological polar surface area (TPSA) is 74.3 Å². The Bertz CT molecular complexity index is 1090. The molecule has 1 fully saturated rings. The molecule has 166 valence electrons. The molecule has 0 bridgehead atoms. The molecule has 0 aliphatic carbocycles. The van der Waals surface area contributed by atoms with E-state index in [1.807, 2.05) is 68.4 Å². The van der Waals surface area contributed by atoms with Crippen LogP contribution in [0.3, 0.4) is 0 Å². The van der Waals surface area contributed by atoms with Crippen molar-refractivity contribution in [2.75, 3.05) is 23.3 Å². The molecule has 4 rings (SSSR count). The van der Waals surface area contributed by atoms with Crippen LogP contribution < -0.4 is 15.5 Å². The number of hydrogen-bond acceptors (Lipinski definition) is 4. The molecule has 0 saturated carbocycles. The summed E-state index contributed by atoms with van der Waals surface area (Å²) in [4.78, 5) is 32.3. The summed E-state index contributed by atoms with van der Waals surface area (Å²) in [5.74, 6) is 0.00607. The molecule has 1 atom stereocenters. The Labute approximate surface area is 189 Å². The van der Waals surface area contributed by atoms with Crippen molar-refractivity contribution in [1.29, 1.82) is 0 Å². The number of anilines is 2. The number of fused-ring (bicyclic) bond motifs is 1. The maximum Gasteiger partial charge on any atom is 0.248 e. The Morgan fingerprint density at radius 1 is 1.00 bits per heavy atom. The number of carbonyl (C=O) groups is 2. The van der Waals surface area contributed by atoms with E-state index in [9.17, 15) is 9.59 Å². The zero-order valence-corrected chi connectivity index (χ0v) is 18.7. The summed E-state index contributed by atoms with van der Waals surface area (Å²) in [7, 11) is 0. The van der Waals surface area contributed by atoms with Crippen molar-refractivity contribution in [1.82, 2.24) is 10.3 Å². The van der Waals surface area contributed by atoms with E-state index in [1.165, 1.54) is 12.8 Å². The number of carbonyl (C=O) groups excluding carboxylic acids is 2. The van der Waals surface area contributed by atoms with Gasteiger partial charge >= 0.3 is 0 Å². The lowest BCUT2D eigenvalue weighted by Crippen LogP contribution is -2.47. The van der Waals surface area contributed by atoms with E-state index in [0.29, 0.717) is 5.82 Å². The highest BCUT2D eigenvalue weighted by Crippen LogP contribution is 2.20. The van der Waals surface area contributed by atoms with Crippen LogP contribution in [-0.2, 0) is 16.0 Å². The lowest BCUT2D eigenvalue weighted by atomic mass is 10.0. The van der Waals surface area contributed by atoms with Crippen LogP contribution in [0, 0.1) is 5.92 Å². The molecule has 1 aliphatic heterocycles. The number of pyridine rings is 1. The smallest absolute Gasteiger partial charge is 0.248 e. The fourth-order valence-electron chi connectivity index (χ4n) is 4.12. The number of rotatable bonds is 7. The molecule has 6 nitrogen and oxygen atoms in total. The van der Waals surface area contributed by atoms with Crippen LogP contribution >= 0.6 is 0 Å². The summed E-state index contributed by atoms with van der Waals surface area (Å²) in [6.45, 7) is 5.94. The zero-order chi connectivity index (χ0) is 22.5. The Morgan fingerprint density at radius 3 is 2.44 bits per heavy atom. The molecule has 32 heavy (non-hydrogen) atoms. The number of nitrogens with zero attached hydrogens (tertiary/aromatic N) is 2. The van der Waals surface area contributed by atoms with E-state index in [2.05, 4.69) is 20.5 Å². The second kappa shape index (κ2) is 9.81. The van der Waals surface area contributed by atoms with E-state index >= 15 is 0 Å². The molecule has 0 radical (unpaired) electrons. The van der Waals surface area contributed by atoms with Crippen molar-refractivity contribution in [3.05, 3.63) is 66.4 Å². The van der Waals surface area contributed by atoms with Gasteiger partial charge in [-0.25, -0.2) is 4.98 Å². The van der Waals surface area contributed by atoms with Gasteiger partial charge in [0, 0.05) is 13.1 Å². The Kier molecular flexibility index (Phi) is 6.69. The number of aromatic nitrogens is 1. The highest BCUT2D eigenvalue weighted by molar-refractivity contribution is 5.97. The fraction of sp³-hybridized carbons (Fsp3) is 0.346. The van der Waals surface area contributed by atoms with Gasteiger partial charge in [-0.05, 0) is 47.2 Å². The molecular weight excluding hydrogens is 400 g/mol. The first-order valence-corrected chi connectivity index (χ1v) is 11.3. The van der Waals surface area contributed by atoms with E-state index in [4.69, 9.17) is 0 Å². The Morgan fingerprint density at radius 2 is 1.75 bits per heavy atom. The van der Waals surface area contributed by atoms with Crippen LogP contribution in [-0.4, -0.2) is 35.9 Å². The van der Waals surface area contributed by atoms with Crippen molar-refractivity contribution in [3.8, 4) is 0 Å². The minimum Gasteiger partial charge on any atom is -0.370 e. The van der Waals surface area contributed by atoms with Gasteiger partial charge in [-0.15, -0.1) is 0 Å². The SMILES string of the molecule is CC(C)C(NC(=O)Cc1ccc2ccccc2c1)C(=O)Nc1ccc(N2CCCC2)cn1. The van der Waals surface area contributed by atoms with Crippen molar-refractivity contribution in [2.24, 2.45) is 5.92 Å². The lowest BCUT2D eigenvalue weighted by Gasteiger charge is -2.22. The predicted molar refractivity (Wildman–Crippen MR) is 129 cm³/mol. The standard InChI is InChI=1S/C26H30N4O2/c1-18(2)25(26(32)28-23-12-11-22(17-27-23)30-13-5-6-14-30)29-24(31)16-19-9-10-20-7-3-4-8-21(20)15-19/h3-4,7-12,15,17-18,25H,5-6,13-14,16H2,1-2H3,(H,29,31)(H,27,28,32). The van der Waals surface area contributed by atoms with Crippen LogP contribution in [0.1, 0.15) is 32.3 Å². The van der Waals surface area contributed by atoms with Gasteiger partial charge in [-0.1, -0.05) is 56.3 Å². The highest BCUT2D eigenvalue weighted by Gasteiger charge is 2.25. The van der Waals surface area contributed by atoms with Crippen molar-refractivity contribution in [2.45, 2.75) is 39.2 Å². The van der Waals surface area contributed by atoms with E-state index in [0.717, 1.165) is 35.1 Å². The van der Waals surface area contributed by atoms with Crippen LogP contribution in [0.2, 0.25) is 0 Å². The Hall–Kier alpha value is -3.41. The number of amides is 2. The van der Waals surface area contributed by atoms with Crippen molar-refractivity contribution < 1.29 is 9.59 Å². The minimum absolute atomic E-state index is 0.0561. The first-order valence-electron chi connectivity index (χ1n) is 11.3. The molecule has 3 aromatic rings. The van der Waals surface area contributed by atoms with Crippen molar-refractivity contribution >= 4 is 34.1 Å². The molecule has 6 heteroatoms. The maximum absolute atomic E-state index is 12.9. The Balaban J connectivity index is 1.37. The molecule has 2 amide bonds. The average molecular weight is 431 g/mol. The summed E-state index contributed by atoms with van der Waals surface area (Å²) in [5, 5.41) is 7.99. The molecular formula is C26H30N4O2. The molecule has 2 aromatic carbocycles. The number of benzene rings is 2. The monoisotopic (exact) mass is 430 g/mol. The van der Waals surface area contributed by atoms with Crippen LogP contribution in [0.4, 0.5) is 11.5 Å². The van der Waals surface area contributed by atoms with Crippen LogP contribution in [0.25, 0.3) is 10.8 Å². The van der Waals surface area contributed by atoms with Gasteiger partial charge < -0.3 is 15.5 Å². The van der Waals surface area contributed by atoms with Crippen molar-refractivity contribution in [3.63, 3.8) is 0 Å². The van der Waals surface area contributed by atoms with Gasteiger partial charge in [-0.2, -0.15) is 0 Å². The third-order valence-electron chi connectivity index (χ3n) is 5.91. The summed E-state index contributed by atoms with van der Waals surface area (Å²) in [6.07, 6.45) is 4.43. The van der Waals surface area contributed by atoms with Gasteiger partial charge in [0.2, 0.25) is 11.8 Å². The predicted octanol–water partition coefficient (Wildman–Crippen LogP) is 4.16. The fourth-order valence-corrected chi connectivity index (χ4v) is 4.12. The second-order valence-corrected chi connectivity index (χ2v) is 8.73. The molecule has 1 saturated heterocycles. The summed E-state index contributed by atoms with van der Waals surface area (Å²) < 4.78 is 0.